The zero-order valence-electron chi connectivity index (χ0n) is 15.1. The maximum atomic E-state index is 12.3. The summed E-state index contributed by atoms with van der Waals surface area (Å²) in [6.45, 7) is 0.144. The number of halogens is 2. The number of carbonyl (C=O) groups excluding carboxylic acids is 2. The van der Waals surface area contributed by atoms with Crippen LogP contribution in [0.2, 0.25) is 0 Å². The van der Waals surface area contributed by atoms with E-state index in [1.165, 1.54) is 19.2 Å². The molecule has 0 saturated heterocycles. The number of hydrogen-bond donors (Lipinski definition) is 3. The summed E-state index contributed by atoms with van der Waals surface area (Å²) in [5.41, 5.74) is 0.0539. The molecule has 1 rings (SSSR count). The Bertz CT molecular complexity index is 681. The lowest BCUT2D eigenvalue weighted by Crippen LogP contribution is -2.46. The number of hydrogen-bond acceptors (Lipinski definition) is 5. The summed E-state index contributed by atoms with van der Waals surface area (Å²) in [7, 11) is 1.23. The fourth-order valence-corrected chi connectivity index (χ4v) is 2.20. The van der Waals surface area contributed by atoms with E-state index in [4.69, 9.17) is 9.84 Å². The minimum Gasteiger partial charge on any atom is -0.493 e. The van der Waals surface area contributed by atoms with Crippen LogP contribution in [0.4, 0.5) is 8.78 Å². The molecule has 1 aromatic rings. The molecule has 0 aliphatic heterocycles. The maximum absolute atomic E-state index is 12.3. The van der Waals surface area contributed by atoms with E-state index in [1.807, 2.05) is 13.8 Å². The van der Waals surface area contributed by atoms with Crippen LogP contribution in [0.1, 0.15) is 30.6 Å². The molecule has 0 spiro atoms. The highest BCUT2D eigenvalue weighted by Gasteiger charge is 2.21. The van der Waals surface area contributed by atoms with E-state index in [9.17, 15) is 23.2 Å². The number of aliphatic carboxylic acids is 1. The molecule has 0 radical (unpaired) electrons. The first kappa shape index (κ1) is 22.1. The van der Waals surface area contributed by atoms with E-state index >= 15 is 0 Å². The molecule has 0 unspecified atom stereocenters. The molecule has 8 nitrogen and oxygen atoms in total. The van der Waals surface area contributed by atoms with Crippen LogP contribution in [0, 0.1) is 5.92 Å². The van der Waals surface area contributed by atoms with E-state index < -0.39 is 37.0 Å². The van der Waals surface area contributed by atoms with Gasteiger partial charge in [-0.1, -0.05) is 13.8 Å². The third-order valence-electron chi connectivity index (χ3n) is 3.39. The van der Waals surface area contributed by atoms with Crippen molar-refractivity contribution >= 4 is 17.8 Å². The number of carbonyl (C=O) groups is 3. The van der Waals surface area contributed by atoms with E-state index in [1.54, 1.807) is 0 Å². The van der Waals surface area contributed by atoms with Crippen LogP contribution in [0.25, 0.3) is 0 Å². The summed E-state index contributed by atoms with van der Waals surface area (Å²) >= 11 is 0. The number of amides is 2. The average Bonchev–Trinajstić information content (AvgIpc) is 2.58. The van der Waals surface area contributed by atoms with Crippen molar-refractivity contribution in [2.45, 2.75) is 32.9 Å². The van der Waals surface area contributed by atoms with Gasteiger partial charge in [0.1, 0.15) is 6.04 Å². The quantitative estimate of drug-likeness (QED) is 0.562. The van der Waals surface area contributed by atoms with Crippen LogP contribution < -0.4 is 20.1 Å². The Balaban J connectivity index is 2.68. The highest BCUT2D eigenvalue weighted by molar-refractivity contribution is 5.97. The molecule has 0 aromatic heterocycles. The lowest BCUT2D eigenvalue weighted by molar-refractivity contribution is -0.142. The van der Waals surface area contributed by atoms with Gasteiger partial charge in [0.25, 0.3) is 5.91 Å². The van der Waals surface area contributed by atoms with Crippen molar-refractivity contribution in [1.82, 2.24) is 10.6 Å². The monoisotopic (exact) mass is 388 g/mol. The summed E-state index contributed by atoms with van der Waals surface area (Å²) in [6, 6.07) is 2.50. The summed E-state index contributed by atoms with van der Waals surface area (Å²) in [4.78, 5) is 35.1. The minimum absolute atomic E-state index is 0.0539. The minimum atomic E-state index is -3.05. The lowest BCUT2D eigenvalue weighted by Gasteiger charge is -2.16. The van der Waals surface area contributed by atoms with Crippen molar-refractivity contribution in [3.8, 4) is 11.5 Å². The standard InChI is InChI=1S/C17H22F2N2O6/c1-9(2)6-11(16(24)25)21-14(22)8-20-15(23)10-4-5-12(27-17(18)19)13(7-10)26-3/h4-5,7,9,11,17H,6,8H2,1-3H3,(H,20,23)(H,21,22)(H,24,25)/t11-/m0/s1. The molecule has 0 bridgehead atoms. The summed E-state index contributed by atoms with van der Waals surface area (Å²) in [5.74, 6) is -2.75. The molecule has 150 valence electrons. The average molecular weight is 388 g/mol. The van der Waals surface area contributed by atoms with Crippen LogP contribution in [0.15, 0.2) is 18.2 Å². The van der Waals surface area contributed by atoms with Gasteiger partial charge >= 0.3 is 12.6 Å². The first-order valence-electron chi connectivity index (χ1n) is 8.07. The summed E-state index contributed by atoms with van der Waals surface area (Å²) in [5, 5.41) is 13.7. The Morgan fingerprint density at radius 3 is 2.37 bits per heavy atom. The third kappa shape index (κ3) is 7.47. The van der Waals surface area contributed by atoms with Gasteiger partial charge < -0.3 is 25.2 Å². The SMILES string of the molecule is COc1cc(C(=O)NCC(=O)N[C@@H](CC(C)C)C(=O)O)ccc1OC(F)F. The van der Waals surface area contributed by atoms with Gasteiger partial charge in [-0.3, -0.25) is 9.59 Å². The van der Waals surface area contributed by atoms with Gasteiger partial charge in [-0.25, -0.2) is 4.79 Å². The van der Waals surface area contributed by atoms with Gasteiger partial charge in [0.15, 0.2) is 11.5 Å². The smallest absolute Gasteiger partial charge is 0.387 e. The second kappa shape index (κ2) is 10.3. The Kier molecular flexibility index (Phi) is 8.43. The number of ether oxygens (including phenoxy) is 2. The number of alkyl halides is 2. The topological polar surface area (TPSA) is 114 Å². The van der Waals surface area contributed by atoms with Crippen LogP contribution in [-0.2, 0) is 9.59 Å². The third-order valence-corrected chi connectivity index (χ3v) is 3.39. The van der Waals surface area contributed by atoms with Crippen LogP contribution >= 0.6 is 0 Å². The highest BCUT2D eigenvalue weighted by Crippen LogP contribution is 2.29. The zero-order chi connectivity index (χ0) is 20.6. The van der Waals surface area contributed by atoms with Crippen molar-refractivity contribution in [2.75, 3.05) is 13.7 Å². The Morgan fingerprint density at radius 1 is 1.19 bits per heavy atom. The fourth-order valence-electron chi connectivity index (χ4n) is 2.20. The summed E-state index contributed by atoms with van der Waals surface area (Å²) in [6.07, 6.45) is 0.248. The molecule has 0 heterocycles. The predicted molar refractivity (Wildman–Crippen MR) is 91.0 cm³/mol. The van der Waals surface area contributed by atoms with Crippen molar-refractivity contribution in [2.24, 2.45) is 5.92 Å². The predicted octanol–water partition coefficient (Wildman–Crippen LogP) is 1.64. The second-order valence-corrected chi connectivity index (χ2v) is 6.01. The highest BCUT2D eigenvalue weighted by atomic mass is 19.3. The summed E-state index contributed by atoms with van der Waals surface area (Å²) < 4.78 is 33.8. The largest absolute Gasteiger partial charge is 0.493 e. The lowest BCUT2D eigenvalue weighted by atomic mass is 10.0. The molecule has 0 saturated carbocycles. The maximum Gasteiger partial charge on any atom is 0.387 e. The molecule has 10 heteroatoms. The molecule has 1 atom stereocenters. The van der Waals surface area contributed by atoms with Gasteiger partial charge in [0.2, 0.25) is 5.91 Å². The number of carboxylic acid groups (broad SMARTS) is 1. The van der Waals surface area contributed by atoms with Crippen molar-refractivity contribution in [3.63, 3.8) is 0 Å². The van der Waals surface area contributed by atoms with Crippen LogP contribution in [0.3, 0.4) is 0 Å². The van der Waals surface area contributed by atoms with Gasteiger partial charge in [-0.05, 0) is 30.5 Å². The number of methoxy groups -OCH3 is 1. The Morgan fingerprint density at radius 2 is 1.85 bits per heavy atom. The Hall–Kier alpha value is -2.91. The zero-order valence-corrected chi connectivity index (χ0v) is 15.1. The van der Waals surface area contributed by atoms with Crippen molar-refractivity contribution < 1.29 is 37.7 Å². The Labute approximate surface area is 154 Å². The van der Waals surface area contributed by atoms with E-state index in [-0.39, 0.29) is 29.4 Å². The van der Waals surface area contributed by atoms with Gasteiger partial charge in [0.05, 0.1) is 13.7 Å². The van der Waals surface area contributed by atoms with E-state index in [0.717, 1.165) is 6.07 Å². The molecule has 0 fully saturated rings. The molecule has 0 aliphatic rings. The number of nitrogens with one attached hydrogen (secondary N) is 2. The molecule has 0 aliphatic carbocycles. The van der Waals surface area contributed by atoms with Gasteiger partial charge in [-0.2, -0.15) is 8.78 Å². The van der Waals surface area contributed by atoms with Gasteiger partial charge in [-0.15, -0.1) is 0 Å². The van der Waals surface area contributed by atoms with Crippen LogP contribution in [0.5, 0.6) is 11.5 Å². The molecule has 27 heavy (non-hydrogen) atoms. The number of rotatable bonds is 10. The number of benzene rings is 1. The van der Waals surface area contributed by atoms with E-state index in [0.29, 0.717) is 0 Å². The molecular formula is C17H22F2N2O6. The second-order valence-electron chi connectivity index (χ2n) is 6.01. The molecular weight excluding hydrogens is 366 g/mol. The van der Waals surface area contributed by atoms with Crippen molar-refractivity contribution in [1.29, 1.82) is 0 Å². The molecule has 2 amide bonds. The molecule has 3 N–H and O–H groups in total. The number of carboxylic acids is 1. The molecule has 1 aromatic carbocycles. The fraction of sp³-hybridized carbons (Fsp3) is 0.471. The normalized spacial score (nSPS) is 11.8. The van der Waals surface area contributed by atoms with Crippen LogP contribution in [-0.4, -0.2) is 49.2 Å². The first-order chi connectivity index (χ1) is 12.6. The first-order valence-corrected chi connectivity index (χ1v) is 8.07. The van der Waals surface area contributed by atoms with Crippen molar-refractivity contribution in [3.05, 3.63) is 23.8 Å². The van der Waals surface area contributed by atoms with Gasteiger partial charge in [0, 0.05) is 5.56 Å². The van der Waals surface area contributed by atoms with E-state index in [2.05, 4.69) is 15.4 Å².